The molecule has 194 valence electrons. The number of amidine groups is 2. The monoisotopic (exact) mass is 535 g/mol. The molecule has 1 aliphatic carbocycles. The van der Waals surface area contributed by atoms with Gasteiger partial charge in [0.1, 0.15) is 16.5 Å². The Labute approximate surface area is 230 Å². The molecule has 0 bridgehead atoms. The normalized spacial score (nSPS) is 18.9. The first-order valence-electron chi connectivity index (χ1n) is 12.1. The second kappa shape index (κ2) is 12.1. The Hall–Kier alpha value is -4.89. The molecule has 0 spiro atoms. The maximum atomic E-state index is 12.1. The number of nitrogens with one attached hydrogen (secondary N) is 1. The highest BCUT2D eigenvalue weighted by Crippen LogP contribution is 2.33. The van der Waals surface area contributed by atoms with Gasteiger partial charge in [-0.1, -0.05) is 30.4 Å². The van der Waals surface area contributed by atoms with Crippen molar-refractivity contribution in [1.82, 2.24) is 5.43 Å². The molecule has 1 fully saturated rings. The summed E-state index contributed by atoms with van der Waals surface area (Å²) in [4.78, 5) is 24.0. The van der Waals surface area contributed by atoms with E-state index in [-0.39, 0.29) is 5.78 Å². The lowest BCUT2D eigenvalue weighted by molar-refractivity contribution is -0.111. The second-order valence-corrected chi connectivity index (χ2v) is 9.18. The number of hydrazone groups is 1. The van der Waals surface area contributed by atoms with Crippen molar-refractivity contribution in [2.75, 3.05) is 19.1 Å². The molecule has 8 nitrogen and oxygen atoms in total. The summed E-state index contributed by atoms with van der Waals surface area (Å²) in [5.74, 6) is 2.01. The summed E-state index contributed by atoms with van der Waals surface area (Å²) in [7, 11) is 3.26. The number of para-hydroxylation sites is 1. The summed E-state index contributed by atoms with van der Waals surface area (Å²) in [5.41, 5.74) is 5.79. The van der Waals surface area contributed by atoms with Crippen molar-refractivity contribution >= 4 is 50.7 Å². The summed E-state index contributed by atoms with van der Waals surface area (Å²) in [6, 6.07) is 24.8. The van der Waals surface area contributed by atoms with Crippen LogP contribution in [-0.2, 0) is 4.79 Å². The molecule has 0 unspecified atom stereocenters. The maximum Gasteiger partial charge on any atom is 0.200 e. The smallest absolute Gasteiger partial charge is 0.200 e. The van der Waals surface area contributed by atoms with Crippen LogP contribution >= 0.6 is 11.8 Å². The molecule has 2 aliphatic rings. The minimum absolute atomic E-state index is 0.0901. The maximum absolute atomic E-state index is 12.1. The van der Waals surface area contributed by atoms with Crippen molar-refractivity contribution < 1.29 is 14.3 Å². The van der Waals surface area contributed by atoms with Gasteiger partial charge < -0.3 is 9.47 Å². The van der Waals surface area contributed by atoms with Crippen LogP contribution in [0.3, 0.4) is 0 Å². The largest absolute Gasteiger partial charge is 0.497 e. The van der Waals surface area contributed by atoms with Crippen LogP contribution < -0.4 is 19.8 Å². The molecule has 5 rings (SSSR count). The summed E-state index contributed by atoms with van der Waals surface area (Å²) in [6.07, 6.45) is 8.35. The fourth-order valence-corrected chi connectivity index (χ4v) is 4.66. The van der Waals surface area contributed by atoms with Gasteiger partial charge in [0.2, 0.25) is 0 Å². The number of ketones is 1. The lowest BCUT2D eigenvalue weighted by atomic mass is 10.1. The fraction of sp³-hybridized carbons (Fsp3) is 0.0667. The van der Waals surface area contributed by atoms with E-state index in [4.69, 9.17) is 19.5 Å². The Morgan fingerprint density at radius 2 is 1.41 bits per heavy atom. The van der Waals surface area contributed by atoms with Crippen LogP contribution in [0, 0.1) is 0 Å². The average molecular weight is 536 g/mol. The predicted molar refractivity (Wildman–Crippen MR) is 159 cm³/mol. The Bertz CT molecular complexity index is 1520. The van der Waals surface area contributed by atoms with Crippen LogP contribution in [-0.4, -0.2) is 36.0 Å². The molecule has 1 N–H and O–H groups in total. The number of carbonyl (C=O) groups excluding carboxylic acids is 1. The van der Waals surface area contributed by atoms with Gasteiger partial charge in [0.15, 0.2) is 16.8 Å². The molecule has 0 aromatic heterocycles. The van der Waals surface area contributed by atoms with E-state index in [2.05, 4.69) is 10.5 Å². The van der Waals surface area contributed by atoms with E-state index in [0.717, 1.165) is 28.6 Å². The standard InChI is InChI=1S/C30H25N5O3S/c1-37-25-16-12-22(13-17-25)32-28-29(33-23-14-18-26(38-2)19-15-23)39-30(35(28)24-9-4-3-5-10-24)34-31-20-21-8-6-7-11-27(21)36/h3-20,31H,1-2H3/b21-20-,32-28?,33-29?,34-30-. The third-order valence-corrected chi connectivity index (χ3v) is 6.63. The third kappa shape index (κ3) is 6.16. The minimum atomic E-state index is -0.0901. The van der Waals surface area contributed by atoms with E-state index in [1.54, 1.807) is 32.6 Å². The quantitative estimate of drug-likeness (QED) is 0.288. The first-order chi connectivity index (χ1) is 19.1. The lowest BCUT2D eigenvalue weighted by Crippen LogP contribution is -2.31. The van der Waals surface area contributed by atoms with Gasteiger partial charge in [-0.25, -0.2) is 9.98 Å². The van der Waals surface area contributed by atoms with Crippen LogP contribution in [0.25, 0.3) is 0 Å². The zero-order valence-corrected chi connectivity index (χ0v) is 22.1. The number of ether oxygens (including phenoxy) is 2. The molecule has 3 aromatic rings. The molecular weight excluding hydrogens is 510 g/mol. The average Bonchev–Trinajstić information content (AvgIpc) is 3.31. The molecule has 1 aliphatic heterocycles. The molecule has 0 atom stereocenters. The van der Waals surface area contributed by atoms with Crippen molar-refractivity contribution in [1.29, 1.82) is 0 Å². The number of thioether (sulfide) groups is 1. The fourth-order valence-electron chi connectivity index (χ4n) is 3.73. The van der Waals surface area contributed by atoms with Crippen LogP contribution in [0.2, 0.25) is 0 Å². The number of allylic oxidation sites excluding steroid dienone is 5. The summed E-state index contributed by atoms with van der Waals surface area (Å²) >= 11 is 1.37. The molecule has 0 radical (unpaired) electrons. The van der Waals surface area contributed by atoms with E-state index in [1.807, 2.05) is 89.8 Å². The Morgan fingerprint density at radius 1 is 0.795 bits per heavy atom. The molecule has 39 heavy (non-hydrogen) atoms. The number of nitrogens with zero attached hydrogens (tertiary/aromatic N) is 4. The number of anilines is 1. The van der Waals surface area contributed by atoms with E-state index in [1.165, 1.54) is 17.8 Å². The molecule has 3 aromatic carbocycles. The summed E-state index contributed by atoms with van der Waals surface area (Å²) < 4.78 is 10.6. The first kappa shape index (κ1) is 25.7. The van der Waals surface area contributed by atoms with Crippen molar-refractivity contribution in [3.63, 3.8) is 0 Å². The molecule has 1 heterocycles. The van der Waals surface area contributed by atoms with Crippen molar-refractivity contribution in [3.8, 4) is 11.5 Å². The Kier molecular flexibility index (Phi) is 7.99. The van der Waals surface area contributed by atoms with Crippen LogP contribution in [0.15, 0.2) is 130 Å². The van der Waals surface area contributed by atoms with E-state index < -0.39 is 0 Å². The number of carbonyl (C=O) groups is 1. The van der Waals surface area contributed by atoms with Gasteiger partial charge >= 0.3 is 0 Å². The van der Waals surface area contributed by atoms with Crippen LogP contribution in [0.5, 0.6) is 11.5 Å². The lowest BCUT2D eigenvalue weighted by Gasteiger charge is -2.18. The Balaban J connectivity index is 1.59. The minimum Gasteiger partial charge on any atom is -0.497 e. The van der Waals surface area contributed by atoms with Gasteiger partial charge in [0.05, 0.1) is 25.6 Å². The number of hydrogen-bond donors (Lipinski definition) is 1. The zero-order valence-electron chi connectivity index (χ0n) is 21.3. The van der Waals surface area contributed by atoms with Gasteiger partial charge in [-0.2, -0.15) is 0 Å². The van der Waals surface area contributed by atoms with Gasteiger partial charge in [0, 0.05) is 17.5 Å². The van der Waals surface area contributed by atoms with E-state index >= 15 is 0 Å². The molecule has 1 saturated heterocycles. The highest BCUT2D eigenvalue weighted by atomic mass is 32.2. The van der Waals surface area contributed by atoms with Crippen molar-refractivity contribution in [3.05, 3.63) is 115 Å². The van der Waals surface area contributed by atoms with E-state index in [9.17, 15) is 4.79 Å². The summed E-state index contributed by atoms with van der Waals surface area (Å²) in [6.45, 7) is 0. The molecule has 9 heteroatoms. The third-order valence-electron chi connectivity index (χ3n) is 5.71. The SMILES string of the molecule is COc1ccc(N=C2S/C(=N\N/C=C3/C=CC=CC3=O)N(c3ccccc3)C2=Nc2ccc(OC)cc2)cc1. The topological polar surface area (TPSA) is 87.9 Å². The molecular formula is C30H25N5O3S. The first-order valence-corrected chi connectivity index (χ1v) is 12.9. The van der Waals surface area contributed by atoms with Crippen LogP contribution in [0.4, 0.5) is 17.1 Å². The number of aliphatic imine (C=N–C) groups is 2. The molecule has 0 saturated carbocycles. The number of rotatable bonds is 7. The van der Waals surface area contributed by atoms with Gasteiger partial charge in [-0.15, -0.1) is 5.10 Å². The van der Waals surface area contributed by atoms with Gasteiger partial charge in [-0.3, -0.25) is 15.1 Å². The highest BCUT2D eigenvalue weighted by molar-refractivity contribution is 8.29. The predicted octanol–water partition coefficient (Wildman–Crippen LogP) is 6.16. The van der Waals surface area contributed by atoms with Crippen molar-refractivity contribution in [2.45, 2.75) is 0 Å². The Morgan fingerprint density at radius 3 is 2.03 bits per heavy atom. The molecule has 0 amide bonds. The van der Waals surface area contributed by atoms with Crippen LogP contribution in [0.1, 0.15) is 0 Å². The van der Waals surface area contributed by atoms with Gasteiger partial charge in [-0.05, 0) is 84.6 Å². The number of methoxy groups -OCH3 is 2. The number of benzene rings is 3. The number of hydrogen-bond acceptors (Lipinski definition) is 8. The van der Waals surface area contributed by atoms with Gasteiger partial charge in [0.25, 0.3) is 0 Å². The second-order valence-electron chi connectivity index (χ2n) is 8.23. The van der Waals surface area contributed by atoms with E-state index in [0.29, 0.717) is 21.6 Å². The zero-order chi connectivity index (χ0) is 27.0. The van der Waals surface area contributed by atoms with Crippen molar-refractivity contribution in [2.24, 2.45) is 15.1 Å². The summed E-state index contributed by atoms with van der Waals surface area (Å²) in [5, 5.41) is 5.87. The highest BCUT2D eigenvalue weighted by Gasteiger charge is 2.35.